The quantitative estimate of drug-likeness (QED) is 0.840. The van der Waals surface area contributed by atoms with Crippen molar-refractivity contribution in [2.75, 3.05) is 0 Å². The number of carboxylic acid groups (broad SMARTS) is 1. The number of aryl methyl sites for hydroxylation is 1. The Morgan fingerprint density at radius 1 is 1.63 bits per heavy atom. The van der Waals surface area contributed by atoms with Gasteiger partial charge in [0.2, 0.25) is 5.91 Å². The average molecular weight is 261 g/mol. The van der Waals surface area contributed by atoms with Crippen molar-refractivity contribution in [1.29, 1.82) is 0 Å². The number of carboxylic acids is 1. The van der Waals surface area contributed by atoms with Gasteiger partial charge in [-0.15, -0.1) is 0 Å². The highest BCUT2D eigenvalue weighted by atomic mass is 16.4. The van der Waals surface area contributed by atoms with E-state index in [1.807, 2.05) is 6.08 Å². The number of hydrogen-bond donors (Lipinski definition) is 2. The maximum Gasteiger partial charge on any atom is 0.356 e. The molecule has 1 atom stereocenters. The summed E-state index contributed by atoms with van der Waals surface area (Å²) in [6.07, 6.45) is 4.86. The molecule has 0 saturated carbocycles. The zero-order valence-corrected chi connectivity index (χ0v) is 10.6. The Balaban J connectivity index is 1.78. The molecule has 2 heterocycles. The summed E-state index contributed by atoms with van der Waals surface area (Å²) in [5.41, 5.74) is 2.96. The van der Waals surface area contributed by atoms with Crippen molar-refractivity contribution in [3.63, 3.8) is 0 Å². The molecule has 0 unspecified atom stereocenters. The second kappa shape index (κ2) is 4.22. The summed E-state index contributed by atoms with van der Waals surface area (Å²) in [6, 6.07) is 0.189. The van der Waals surface area contributed by atoms with Crippen LogP contribution in [0.1, 0.15) is 41.0 Å². The molecular formula is C13H15N3O3. The summed E-state index contributed by atoms with van der Waals surface area (Å²) in [5.74, 6) is -0.880. The molecular weight excluding hydrogens is 246 g/mol. The molecule has 1 aliphatic carbocycles. The van der Waals surface area contributed by atoms with Crippen LogP contribution >= 0.6 is 0 Å². The van der Waals surface area contributed by atoms with Gasteiger partial charge < -0.3 is 10.4 Å². The molecule has 1 saturated heterocycles. The maximum absolute atomic E-state index is 11.2. The number of rotatable bonds is 3. The van der Waals surface area contributed by atoms with Crippen molar-refractivity contribution < 1.29 is 14.7 Å². The molecule has 3 rings (SSSR count). The summed E-state index contributed by atoms with van der Waals surface area (Å²) in [7, 11) is 1.75. The molecule has 0 radical (unpaired) electrons. The Bertz CT molecular complexity index is 601. The lowest BCUT2D eigenvalue weighted by Crippen LogP contribution is -2.25. The van der Waals surface area contributed by atoms with E-state index < -0.39 is 5.97 Å². The second-order valence-corrected chi connectivity index (χ2v) is 5.13. The molecule has 2 N–H and O–H groups in total. The van der Waals surface area contributed by atoms with Crippen LogP contribution in [0.15, 0.2) is 5.57 Å². The molecule has 0 bridgehead atoms. The topological polar surface area (TPSA) is 84.2 Å². The van der Waals surface area contributed by atoms with Crippen molar-refractivity contribution in [3.8, 4) is 0 Å². The monoisotopic (exact) mass is 261 g/mol. The number of aromatic carboxylic acids is 1. The summed E-state index contributed by atoms with van der Waals surface area (Å²) < 4.78 is 1.61. The van der Waals surface area contributed by atoms with Crippen LogP contribution in [0.2, 0.25) is 0 Å². The number of carbonyl (C=O) groups excluding carboxylic acids is 1. The van der Waals surface area contributed by atoms with Crippen molar-refractivity contribution in [2.24, 2.45) is 7.05 Å². The van der Waals surface area contributed by atoms with Crippen molar-refractivity contribution >= 4 is 18.0 Å². The van der Waals surface area contributed by atoms with Gasteiger partial charge in [0.15, 0.2) is 5.69 Å². The van der Waals surface area contributed by atoms with Crippen LogP contribution in [0.3, 0.4) is 0 Å². The Kier molecular flexibility index (Phi) is 2.66. The van der Waals surface area contributed by atoms with E-state index in [2.05, 4.69) is 10.4 Å². The third-order valence-electron chi connectivity index (χ3n) is 3.73. The Morgan fingerprint density at radius 3 is 3.05 bits per heavy atom. The third kappa shape index (κ3) is 2.03. The third-order valence-corrected chi connectivity index (χ3v) is 3.73. The molecule has 6 heteroatoms. The minimum Gasteiger partial charge on any atom is -0.476 e. The van der Waals surface area contributed by atoms with Crippen LogP contribution in [0.5, 0.6) is 0 Å². The molecule has 1 amide bonds. The van der Waals surface area contributed by atoms with E-state index >= 15 is 0 Å². The van der Waals surface area contributed by atoms with Crippen LogP contribution in [0, 0.1) is 0 Å². The first-order valence-corrected chi connectivity index (χ1v) is 6.32. The highest BCUT2D eigenvalue weighted by Crippen LogP contribution is 2.31. The van der Waals surface area contributed by atoms with Gasteiger partial charge in [-0.2, -0.15) is 5.10 Å². The van der Waals surface area contributed by atoms with Crippen LogP contribution in [-0.4, -0.2) is 32.8 Å². The largest absolute Gasteiger partial charge is 0.476 e. The zero-order valence-electron chi connectivity index (χ0n) is 10.6. The van der Waals surface area contributed by atoms with Gasteiger partial charge in [0.1, 0.15) is 0 Å². The molecule has 0 aromatic carbocycles. The number of nitrogens with one attached hydrogen (secondary N) is 1. The summed E-state index contributed by atoms with van der Waals surface area (Å²) in [6.45, 7) is 0. The molecule has 19 heavy (non-hydrogen) atoms. The summed E-state index contributed by atoms with van der Waals surface area (Å²) in [5, 5.41) is 16.1. The average Bonchev–Trinajstić information content (AvgIpc) is 2.98. The summed E-state index contributed by atoms with van der Waals surface area (Å²) >= 11 is 0. The standard InChI is InChI=1S/C13H15N3O3/c1-16-10-6-7(4-8-2-3-11(17)14-8)5-9(10)12(15-16)13(18)19/h6,8H,2-5H2,1H3,(H,14,17)(H,18,19)/t8-/m1/s1. The van der Waals surface area contributed by atoms with Crippen LogP contribution < -0.4 is 5.32 Å². The fraction of sp³-hybridized carbons (Fsp3) is 0.462. The molecule has 2 aliphatic rings. The fourth-order valence-corrected chi connectivity index (χ4v) is 2.86. The molecule has 1 aromatic rings. The van der Waals surface area contributed by atoms with Crippen LogP contribution in [0.4, 0.5) is 0 Å². The first-order chi connectivity index (χ1) is 9.04. The molecule has 1 aromatic heterocycles. The van der Waals surface area contributed by atoms with Crippen molar-refractivity contribution in [3.05, 3.63) is 22.5 Å². The van der Waals surface area contributed by atoms with E-state index in [1.54, 1.807) is 11.7 Å². The lowest BCUT2D eigenvalue weighted by atomic mass is 10.0. The zero-order chi connectivity index (χ0) is 13.6. The lowest BCUT2D eigenvalue weighted by Gasteiger charge is -2.10. The number of hydrogen-bond acceptors (Lipinski definition) is 3. The van der Waals surface area contributed by atoms with E-state index in [0.717, 1.165) is 29.7 Å². The number of fused-ring (bicyclic) bond motifs is 1. The molecule has 6 nitrogen and oxygen atoms in total. The van der Waals surface area contributed by atoms with Gasteiger partial charge in [0, 0.05) is 25.1 Å². The number of carbonyl (C=O) groups is 2. The van der Waals surface area contributed by atoms with E-state index in [1.165, 1.54) is 0 Å². The van der Waals surface area contributed by atoms with E-state index in [-0.39, 0.29) is 17.6 Å². The van der Waals surface area contributed by atoms with Crippen molar-refractivity contribution in [2.45, 2.75) is 31.7 Å². The van der Waals surface area contributed by atoms with E-state index in [4.69, 9.17) is 5.11 Å². The van der Waals surface area contributed by atoms with E-state index in [9.17, 15) is 9.59 Å². The first-order valence-electron chi connectivity index (χ1n) is 6.32. The van der Waals surface area contributed by atoms with Crippen molar-refractivity contribution in [1.82, 2.24) is 15.1 Å². The highest BCUT2D eigenvalue weighted by molar-refractivity contribution is 5.89. The van der Waals surface area contributed by atoms with Gasteiger partial charge >= 0.3 is 5.97 Å². The number of amides is 1. The number of nitrogens with zero attached hydrogens (tertiary/aromatic N) is 2. The Morgan fingerprint density at radius 2 is 2.42 bits per heavy atom. The minimum absolute atomic E-state index is 0.106. The number of aromatic nitrogens is 2. The lowest BCUT2D eigenvalue weighted by molar-refractivity contribution is -0.119. The maximum atomic E-state index is 11.2. The second-order valence-electron chi connectivity index (χ2n) is 5.13. The van der Waals surface area contributed by atoms with Gasteiger partial charge in [0.25, 0.3) is 0 Å². The van der Waals surface area contributed by atoms with E-state index in [0.29, 0.717) is 12.8 Å². The van der Waals surface area contributed by atoms with Crippen LogP contribution in [0.25, 0.3) is 6.08 Å². The normalized spacial score (nSPS) is 21.2. The predicted octanol–water partition coefficient (Wildman–Crippen LogP) is 0.726. The highest BCUT2D eigenvalue weighted by Gasteiger charge is 2.28. The predicted molar refractivity (Wildman–Crippen MR) is 67.6 cm³/mol. The minimum atomic E-state index is -0.985. The smallest absolute Gasteiger partial charge is 0.356 e. The van der Waals surface area contributed by atoms with Gasteiger partial charge in [-0.1, -0.05) is 5.57 Å². The first kappa shape index (κ1) is 12.0. The van der Waals surface area contributed by atoms with Gasteiger partial charge in [0.05, 0.1) is 5.69 Å². The fourth-order valence-electron chi connectivity index (χ4n) is 2.86. The Labute approximate surface area is 110 Å². The summed E-state index contributed by atoms with van der Waals surface area (Å²) in [4.78, 5) is 22.3. The molecule has 100 valence electrons. The molecule has 1 fully saturated rings. The Hall–Kier alpha value is -2.11. The van der Waals surface area contributed by atoms with Gasteiger partial charge in [-0.3, -0.25) is 9.48 Å². The van der Waals surface area contributed by atoms with Gasteiger partial charge in [-0.25, -0.2) is 4.79 Å². The SMILES string of the molecule is Cn1nc(C(=O)O)c2c1C=C(C[C@H]1CCC(=O)N1)C2. The molecule has 1 aliphatic heterocycles. The molecule has 0 spiro atoms. The van der Waals surface area contributed by atoms with Gasteiger partial charge in [-0.05, 0) is 25.3 Å². The van der Waals surface area contributed by atoms with Crippen LogP contribution in [-0.2, 0) is 18.3 Å².